The Morgan fingerprint density at radius 3 is 2.53 bits per heavy atom. The van der Waals surface area contributed by atoms with Gasteiger partial charge in [-0.25, -0.2) is 9.97 Å². The van der Waals surface area contributed by atoms with E-state index in [2.05, 4.69) is 24.8 Å². The van der Waals surface area contributed by atoms with Crippen molar-refractivity contribution >= 4 is 28.4 Å². The van der Waals surface area contributed by atoms with E-state index in [9.17, 15) is 4.79 Å². The molecule has 30 heavy (non-hydrogen) atoms. The van der Waals surface area contributed by atoms with Crippen molar-refractivity contribution in [3.63, 3.8) is 0 Å². The maximum absolute atomic E-state index is 12.7. The van der Waals surface area contributed by atoms with Crippen LogP contribution in [0.15, 0.2) is 41.6 Å². The van der Waals surface area contributed by atoms with Gasteiger partial charge in [-0.1, -0.05) is 0 Å². The molecule has 0 atom stereocenters. The van der Waals surface area contributed by atoms with Crippen LogP contribution in [0.2, 0.25) is 0 Å². The van der Waals surface area contributed by atoms with Gasteiger partial charge in [-0.15, -0.1) is 0 Å². The number of nitrogens with zero attached hydrogens (tertiary/aromatic N) is 7. The van der Waals surface area contributed by atoms with Gasteiger partial charge in [-0.2, -0.15) is 4.98 Å². The van der Waals surface area contributed by atoms with Crippen LogP contribution in [0.3, 0.4) is 0 Å². The topological polar surface area (TPSA) is 70.4 Å². The highest BCUT2D eigenvalue weighted by Gasteiger charge is 2.23. The predicted molar refractivity (Wildman–Crippen MR) is 120 cm³/mol. The summed E-state index contributed by atoms with van der Waals surface area (Å²) < 4.78 is 1.76. The summed E-state index contributed by atoms with van der Waals surface area (Å²) in [4.78, 5) is 33.0. The van der Waals surface area contributed by atoms with Crippen LogP contribution in [0.25, 0.3) is 10.9 Å². The van der Waals surface area contributed by atoms with Crippen molar-refractivity contribution in [3.05, 3.63) is 47.1 Å². The molecule has 0 N–H and O–H groups in total. The third-order valence-electron chi connectivity index (χ3n) is 5.97. The lowest BCUT2D eigenvalue weighted by molar-refractivity contribution is 0.602. The number of piperazine rings is 1. The second kappa shape index (κ2) is 7.59. The van der Waals surface area contributed by atoms with E-state index in [1.165, 1.54) is 12.8 Å². The van der Waals surface area contributed by atoms with E-state index in [0.29, 0.717) is 11.3 Å². The van der Waals surface area contributed by atoms with Crippen molar-refractivity contribution in [2.75, 3.05) is 55.0 Å². The Hall–Kier alpha value is -3.16. The number of benzene rings is 1. The molecule has 2 aromatic heterocycles. The van der Waals surface area contributed by atoms with Gasteiger partial charge in [0.25, 0.3) is 5.56 Å². The molecule has 3 aromatic rings. The fraction of sp³-hybridized carbons (Fsp3) is 0.455. The first-order valence-electron chi connectivity index (χ1n) is 10.6. The van der Waals surface area contributed by atoms with Crippen molar-refractivity contribution in [3.8, 4) is 0 Å². The average molecular weight is 406 g/mol. The minimum atomic E-state index is 0.0705. The first-order valence-corrected chi connectivity index (χ1v) is 10.6. The molecule has 2 fully saturated rings. The quantitative estimate of drug-likeness (QED) is 0.643. The molecular formula is C22H27N7O. The van der Waals surface area contributed by atoms with Gasteiger partial charge in [0.15, 0.2) is 0 Å². The lowest BCUT2D eigenvalue weighted by atomic mass is 10.2. The Kier molecular flexibility index (Phi) is 4.77. The first-order chi connectivity index (χ1) is 14.6. The van der Waals surface area contributed by atoms with Gasteiger partial charge >= 0.3 is 0 Å². The molecule has 1 saturated heterocycles. The van der Waals surface area contributed by atoms with Crippen LogP contribution in [0.4, 0.5) is 17.5 Å². The van der Waals surface area contributed by atoms with E-state index in [4.69, 9.17) is 0 Å². The zero-order valence-electron chi connectivity index (χ0n) is 17.5. The maximum Gasteiger partial charge on any atom is 0.261 e. The van der Waals surface area contributed by atoms with Crippen LogP contribution in [0.5, 0.6) is 0 Å². The van der Waals surface area contributed by atoms with Gasteiger partial charge in [0.2, 0.25) is 5.95 Å². The number of anilines is 3. The Labute approximate surface area is 175 Å². The van der Waals surface area contributed by atoms with Crippen LogP contribution in [0.1, 0.15) is 12.8 Å². The zero-order chi connectivity index (χ0) is 20.7. The highest BCUT2D eigenvalue weighted by molar-refractivity contribution is 5.81. The zero-order valence-corrected chi connectivity index (χ0v) is 17.5. The molecule has 0 spiro atoms. The standard InChI is InChI=1S/C22H27N7O/c1-26(2)20-7-8-23-22(25-20)28-11-9-27(10-12-28)17-5-6-18-19(13-17)24-15-29(21(18)30)14-16-3-4-16/h5-8,13,15-16H,3-4,9-12,14H2,1-2H3. The second-order valence-corrected chi connectivity index (χ2v) is 8.43. The van der Waals surface area contributed by atoms with E-state index < -0.39 is 0 Å². The summed E-state index contributed by atoms with van der Waals surface area (Å²) in [7, 11) is 3.97. The van der Waals surface area contributed by atoms with Crippen molar-refractivity contribution in [1.29, 1.82) is 0 Å². The summed E-state index contributed by atoms with van der Waals surface area (Å²) in [5.74, 6) is 2.34. The van der Waals surface area contributed by atoms with Gasteiger partial charge in [0, 0.05) is 58.7 Å². The fourth-order valence-electron chi connectivity index (χ4n) is 3.96. The van der Waals surface area contributed by atoms with Crippen molar-refractivity contribution < 1.29 is 0 Å². The third-order valence-corrected chi connectivity index (χ3v) is 5.97. The highest BCUT2D eigenvalue weighted by Crippen LogP contribution is 2.30. The lowest BCUT2D eigenvalue weighted by Crippen LogP contribution is -2.47. The van der Waals surface area contributed by atoms with E-state index in [1.807, 2.05) is 49.5 Å². The summed E-state index contributed by atoms with van der Waals surface area (Å²) >= 11 is 0. The molecule has 1 aromatic carbocycles. The second-order valence-electron chi connectivity index (χ2n) is 8.43. The Morgan fingerprint density at radius 1 is 1.03 bits per heavy atom. The summed E-state index contributed by atoms with van der Waals surface area (Å²) in [6.07, 6.45) is 5.97. The van der Waals surface area contributed by atoms with E-state index in [-0.39, 0.29) is 5.56 Å². The number of fused-ring (bicyclic) bond motifs is 1. The van der Waals surface area contributed by atoms with Crippen molar-refractivity contribution in [2.24, 2.45) is 5.92 Å². The lowest BCUT2D eigenvalue weighted by Gasteiger charge is -2.36. The molecular weight excluding hydrogens is 378 g/mol. The molecule has 1 aliphatic heterocycles. The summed E-state index contributed by atoms with van der Waals surface area (Å²) in [6, 6.07) is 7.93. The number of aromatic nitrogens is 4. The third kappa shape index (κ3) is 3.69. The molecule has 8 nitrogen and oxygen atoms in total. The smallest absolute Gasteiger partial charge is 0.261 e. The fourth-order valence-corrected chi connectivity index (χ4v) is 3.96. The Balaban J connectivity index is 1.31. The van der Waals surface area contributed by atoms with Crippen LogP contribution in [-0.4, -0.2) is 59.8 Å². The molecule has 0 amide bonds. The predicted octanol–water partition coefficient (Wildman–Crippen LogP) is 1.99. The van der Waals surface area contributed by atoms with Crippen molar-refractivity contribution in [2.45, 2.75) is 19.4 Å². The normalized spacial score (nSPS) is 16.9. The number of rotatable bonds is 5. The molecule has 5 rings (SSSR count). The molecule has 3 heterocycles. The van der Waals surface area contributed by atoms with E-state index in [1.54, 1.807) is 10.9 Å². The SMILES string of the molecule is CN(C)c1ccnc(N2CCN(c3ccc4c(=O)n(CC5CC5)cnc4c3)CC2)n1. The van der Waals surface area contributed by atoms with Gasteiger partial charge in [-0.3, -0.25) is 9.36 Å². The molecule has 2 aliphatic rings. The number of hydrogen-bond donors (Lipinski definition) is 0. The molecule has 8 heteroatoms. The van der Waals surface area contributed by atoms with E-state index >= 15 is 0 Å². The van der Waals surface area contributed by atoms with Crippen LogP contribution >= 0.6 is 0 Å². The Morgan fingerprint density at radius 2 is 1.80 bits per heavy atom. The molecule has 0 radical (unpaired) electrons. The first kappa shape index (κ1) is 18.8. The van der Waals surface area contributed by atoms with Crippen LogP contribution < -0.4 is 20.3 Å². The van der Waals surface area contributed by atoms with E-state index in [0.717, 1.165) is 55.7 Å². The monoisotopic (exact) mass is 405 g/mol. The summed E-state index contributed by atoms with van der Waals surface area (Å²) in [5, 5.41) is 0.703. The molecule has 1 saturated carbocycles. The van der Waals surface area contributed by atoms with Crippen molar-refractivity contribution in [1.82, 2.24) is 19.5 Å². The van der Waals surface area contributed by atoms with Gasteiger partial charge < -0.3 is 14.7 Å². The maximum atomic E-state index is 12.7. The van der Waals surface area contributed by atoms with Gasteiger partial charge in [0.05, 0.1) is 17.2 Å². The molecule has 0 unspecified atom stereocenters. The Bertz CT molecular complexity index is 1110. The molecule has 1 aliphatic carbocycles. The average Bonchev–Trinajstić information content (AvgIpc) is 3.60. The van der Waals surface area contributed by atoms with Gasteiger partial charge in [0.1, 0.15) is 5.82 Å². The summed E-state index contributed by atoms with van der Waals surface area (Å²) in [5.41, 5.74) is 1.95. The van der Waals surface area contributed by atoms with Crippen LogP contribution in [0, 0.1) is 5.92 Å². The largest absolute Gasteiger partial charge is 0.368 e. The highest BCUT2D eigenvalue weighted by atomic mass is 16.1. The minimum Gasteiger partial charge on any atom is -0.368 e. The molecule has 0 bridgehead atoms. The number of hydrogen-bond acceptors (Lipinski definition) is 7. The molecule has 156 valence electrons. The minimum absolute atomic E-state index is 0.0705. The van der Waals surface area contributed by atoms with Crippen LogP contribution in [-0.2, 0) is 6.54 Å². The van der Waals surface area contributed by atoms with Gasteiger partial charge in [-0.05, 0) is 43.0 Å². The summed E-state index contributed by atoms with van der Waals surface area (Å²) in [6.45, 7) is 4.25.